The van der Waals surface area contributed by atoms with Crippen molar-refractivity contribution in [1.29, 1.82) is 0 Å². The Morgan fingerprint density at radius 1 is 1.48 bits per heavy atom. The highest BCUT2D eigenvalue weighted by Crippen LogP contribution is 2.30. The molecule has 2 N–H and O–H groups in total. The van der Waals surface area contributed by atoms with E-state index in [0.29, 0.717) is 6.54 Å². The molecule has 0 bridgehead atoms. The molecule has 0 aliphatic rings. The highest BCUT2D eigenvalue weighted by molar-refractivity contribution is 9.10. The number of hydrogen-bond donors (Lipinski definition) is 1. The van der Waals surface area contributed by atoms with Crippen molar-refractivity contribution in [2.24, 2.45) is 12.8 Å². The van der Waals surface area contributed by atoms with Crippen molar-refractivity contribution in [3.63, 3.8) is 0 Å². The Morgan fingerprint density at radius 2 is 2.24 bits per heavy atom. The normalized spacial score (nSPS) is 12.7. The first kappa shape index (κ1) is 16.0. The summed E-state index contributed by atoms with van der Waals surface area (Å²) in [4.78, 5) is 2.23. The van der Waals surface area contributed by atoms with Gasteiger partial charge in [0.1, 0.15) is 5.75 Å². The van der Waals surface area contributed by atoms with Crippen LogP contribution in [0.4, 0.5) is 0 Å². The second-order valence-corrected chi connectivity index (χ2v) is 5.94. The molecule has 1 atom stereocenters. The van der Waals surface area contributed by atoms with Gasteiger partial charge in [-0.2, -0.15) is 5.10 Å². The van der Waals surface area contributed by atoms with Gasteiger partial charge < -0.3 is 10.5 Å². The molecule has 0 saturated heterocycles. The molecule has 2 rings (SSSR count). The number of halogens is 1. The summed E-state index contributed by atoms with van der Waals surface area (Å²) in [5.74, 6) is 0.824. The Hall–Kier alpha value is -1.37. The summed E-state index contributed by atoms with van der Waals surface area (Å²) in [5, 5.41) is 4.20. The van der Waals surface area contributed by atoms with Gasteiger partial charge in [-0.1, -0.05) is 6.07 Å². The summed E-state index contributed by atoms with van der Waals surface area (Å²) < 4.78 is 8.02. The molecule has 0 amide bonds. The lowest BCUT2D eigenvalue weighted by Gasteiger charge is -2.27. The zero-order chi connectivity index (χ0) is 15.4. The van der Waals surface area contributed by atoms with Gasteiger partial charge in [-0.05, 0) is 40.7 Å². The maximum Gasteiger partial charge on any atom is 0.133 e. The van der Waals surface area contributed by atoms with Gasteiger partial charge in [0.2, 0.25) is 0 Å². The second kappa shape index (κ2) is 7.06. The number of ether oxygens (including phenoxy) is 1. The molecule has 0 radical (unpaired) electrons. The van der Waals surface area contributed by atoms with Crippen molar-refractivity contribution in [3.8, 4) is 5.75 Å². The third-order valence-corrected chi connectivity index (χ3v) is 4.13. The number of hydrogen-bond acceptors (Lipinski definition) is 4. The number of likely N-dealkylation sites (N-methyl/N-ethyl adjacent to an activating group) is 1. The number of rotatable bonds is 6. The molecule has 0 spiro atoms. The fraction of sp³-hybridized carbons (Fsp3) is 0.400. The molecule has 0 aliphatic carbocycles. The molecule has 1 aromatic carbocycles. The SMILES string of the molecule is COc1ccc(C(CN)N(C)Cc2cnn(C)c2)cc1Br. The van der Waals surface area contributed by atoms with Gasteiger partial charge in [-0.3, -0.25) is 9.58 Å². The van der Waals surface area contributed by atoms with Crippen molar-refractivity contribution in [1.82, 2.24) is 14.7 Å². The summed E-state index contributed by atoms with van der Waals surface area (Å²) >= 11 is 3.53. The van der Waals surface area contributed by atoms with E-state index in [4.69, 9.17) is 10.5 Å². The summed E-state index contributed by atoms with van der Waals surface area (Å²) in [6.07, 6.45) is 3.90. The van der Waals surface area contributed by atoms with Crippen LogP contribution in [0.2, 0.25) is 0 Å². The van der Waals surface area contributed by atoms with Crippen molar-refractivity contribution in [2.45, 2.75) is 12.6 Å². The first-order valence-corrected chi connectivity index (χ1v) is 7.55. The fourth-order valence-corrected chi connectivity index (χ4v) is 2.97. The maximum absolute atomic E-state index is 5.98. The monoisotopic (exact) mass is 352 g/mol. The number of methoxy groups -OCH3 is 1. The van der Waals surface area contributed by atoms with Crippen molar-refractivity contribution in [3.05, 3.63) is 46.2 Å². The minimum atomic E-state index is 0.146. The van der Waals surface area contributed by atoms with Crippen LogP contribution in [0.15, 0.2) is 35.1 Å². The van der Waals surface area contributed by atoms with E-state index in [0.717, 1.165) is 22.3 Å². The molecule has 21 heavy (non-hydrogen) atoms. The van der Waals surface area contributed by atoms with Crippen LogP contribution in [0.1, 0.15) is 17.2 Å². The topological polar surface area (TPSA) is 56.3 Å². The lowest BCUT2D eigenvalue weighted by atomic mass is 10.1. The van der Waals surface area contributed by atoms with E-state index in [1.807, 2.05) is 30.2 Å². The third kappa shape index (κ3) is 3.84. The standard InChI is InChI=1S/C15H21BrN4O/c1-19(9-11-8-18-20(2)10-11)14(7-17)12-4-5-15(21-3)13(16)6-12/h4-6,8,10,14H,7,9,17H2,1-3H3. The molecule has 114 valence electrons. The molecule has 1 aromatic heterocycles. The number of nitrogens with zero attached hydrogens (tertiary/aromatic N) is 3. The van der Waals surface area contributed by atoms with Crippen molar-refractivity contribution in [2.75, 3.05) is 20.7 Å². The van der Waals surface area contributed by atoms with Gasteiger partial charge >= 0.3 is 0 Å². The average molecular weight is 353 g/mol. The number of aromatic nitrogens is 2. The van der Waals surface area contributed by atoms with E-state index in [2.05, 4.69) is 45.1 Å². The first-order chi connectivity index (χ1) is 10.0. The Morgan fingerprint density at radius 3 is 2.76 bits per heavy atom. The lowest BCUT2D eigenvalue weighted by molar-refractivity contribution is 0.241. The zero-order valence-electron chi connectivity index (χ0n) is 12.6. The largest absolute Gasteiger partial charge is 0.496 e. The van der Waals surface area contributed by atoms with Crippen LogP contribution in [0, 0.1) is 0 Å². The number of nitrogens with two attached hydrogens (primary N) is 1. The zero-order valence-corrected chi connectivity index (χ0v) is 14.2. The van der Waals surface area contributed by atoms with Gasteiger partial charge in [-0.15, -0.1) is 0 Å². The van der Waals surface area contributed by atoms with E-state index in [9.17, 15) is 0 Å². The molecular weight excluding hydrogens is 332 g/mol. The summed E-state index contributed by atoms with van der Waals surface area (Å²) in [5.41, 5.74) is 8.31. The molecule has 2 aromatic rings. The molecule has 6 heteroatoms. The smallest absolute Gasteiger partial charge is 0.133 e. The lowest BCUT2D eigenvalue weighted by Crippen LogP contribution is -2.30. The minimum absolute atomic E-state index is 0.146. The second-order valence-electron chi connectivity index (χ2n) is 5.08. The molecule has 5 nitrogen and oxygen atoms in total. The number of aryl methyl sites for hydroxylation is 1. The molecule has 0 fully saturated rings. The van der Waals surface area contributed by atoms with Crippen LogP contribution in [0.3, 0.4) is 0 Å². The molecule has 1 heterocycles. The predicted molar refractivity (Wildman–Crippen MR) is 87.2 cm³/mol. The molecule has 1 unspecified atom stereocenters. The van der Waals surface area contributed by atoms with Crippen LogP contribution in [0.5, 0.6) is 5.75 Å². The van der Waals surface area contributed by atoms with Gasteiger partial charge in [0.25, 0.3) is 0 Å². The van der Waals surface area contributed by atoms with Gasteiger partial charge in [-0.25, -0.2) is 0 Å². The Labute approximate surface area is 133 Å². The van der Waals surface area contributed by atoms with E-state index >= 15 is 0 Å². The van der Waals surface area contributed by atoms with E-state index in [1.54, 1.807) is 7.11 Å². The summed E-state index contributed by atoms with van der Waals surface area (Å²) in [6.45, 7) is 1.36. The van der Waals surface area contributed by atoms with E-state index in [1.165, 1.54) is 5.56 Å². The molecule has 0 aliphatic heterocycles. The van der Waals surface area contributed by atoms with Crippen LogP contribution in [-0.4, -0.2) is 35.4 Å². The maximum atomic E-state index is 5.98. The molecule has 0 saturated carbocycles. The third-order valence-electron chi connectivity index (χ3n) is 3.51. The van der Waals surface area contributed by atoms with E-state index < -0.39 is 0 Å². The Bertz CT molecular complexity index is 599. The predicted octanol–water partition coefficient (Wildman–Crippen LogP) is 2.32. The highest BCUT2D eigenvalue weighted by atomic mass is 79.9. The first-order valence-electron chi connectivity index (χ1n) is 6.76. The van der Waals surface area contributed by atoms with Crippen LogP contribution in [-0.2, 0) is 13.6 Å². The van der Waals surface area contributed by atoms with Gasteiger partial charge in [0.05, 0.1) is 17.8 Å². The quantitative estimate of drug-likeness (QED) is 0.866. The van der Waals surface area contributed by atoms with Crippen LogP contribution >= 0.6 is 15.9 Å². The average Bonchev–Trinajstić information content (AvgIpc) is 2.85. The van der Waals surface area contributed by atoms with Crippen LogP contribution in [0.25, 0.3) is 0 Å². The van der Waals surface area contributed by atoms with Crippen molar-refractivity contribution >= 4 is 15.9 Å². The van der Waals surface area contributed by atoms with Gasteiger partial charge in [0, 0.05) is 37.9 Å². The summed E-state index contributed by atoms with van der Waals surface area (Å²) in [6, 6.07) is 6.23. The minimum Gasteiger partial charge on any atom is -0.496 e. The van der Waals surface area contributed by atoms with Gasteiger partial charge in [0.15, 0.2) is 0 Å². The Balaban J connectivity index is 2.16. The summed E-state index contributed by atoms with van der Waals surface area (Å²) in [7, 11) is 5.65. The highest BCUT2D eigenvalue weighted by Gasteiger charge is 2.17. The van der Waals surface area contributed by atoms with E-state index in [-0.39, 0.29) is 6.04 Å². The Kier molecular flexibility index (Phi) is 5.39. The van der Waals surface area contributed by atoms with Crippen molar-refractivity contribution < 1.29 is 4.74 Å². The fourth-order valence-electron chi connectivity index (χ4n) is 2.41. The number of benzene rings is 1. The van der Waals surface area contributed by atoms with Crippen LogP contribution < -0.4 is 10.5 Å². The molecular formula is C15H21BrN4O.